The maximum absolute atomic E-state index is 14.4. The number of aliphatic carboxylic acids is 1. The predicted molar refractivity (Wildman–Crippen MR) is 144 cm³/mol. The van der Waals surface area contributed by atoms with Gasteiger partial charge >= 0.3 is 5.97 Å². The van der Waals surface area contributed by atoms with Crippen molar-refractivity contribution in [3.63, 3.8) is 0 Å². The first-order chi connectivity index (χ1) is 18.9. The zero-order valence-electron chi connectivity index (χ0n) is 21.8. The molecule has 0 radical (unpaired) electrons. The Morgan fingerprint density at radius 2 is 1.59 bits per heavy atom. The third-order valence-electron chi connectivity index (χ3n) is 8.24. The van der Waals surface area contributed by atoms with E-state index in [-0.39, 0.29) is 0 Å². The summed E-state index contributed by atoms with van der Waals surface area (Å²) >= 11 is 0. The Labute approximate surface area is 226 Å². The van der Waals surface area contributed by atoms with Crippen LogP contribution in [0.2, 0.25) is 0 Å². The van der Waals surface area contributed by atoms with Crippen LogP contribution in [0, 0.1) is 11.8 Å². The molecule has 4 unspecified atom stereocenters. The van der Waals surface area contributed by atoms with E-state index in [9.17, 15) is 19.5 Å². The Morgan fingerprint density at radius 1 is 0.923 bits per heavy atom. The molecule has 2 fully saturated rings. The molecule has 0 aliphatic carbocycles. The van der Waals surface area contributed by atoms with Crippen LogP contribution < -0.4 is 19.7 Å². The lowest BCUT2D eigenvalue weighted by molar-refractivity contribution is -0.149. The van der Waals surface area contributed by atoms with Gasteiger partial charge in [0.1, 0.15) is 13.2 Å². The summed E-state index contributed by atoms with van der Waals surface area (Å²) in [4.78, 5) is 43.3. The number of hydrogen-bond acceptors (Lipinski definition) is 6. The number of carboxylic acid groups (broad SMARTS) is 1. The molecule has 2 amide bonds. The van der Waals surface area contributed by atoms with Crippen LogP contribution >= 0.6 is 0 Å². The Morgan fingerprint density at radius 3 is 2.23 bits per heavy atom. The van der Waals surface area contributed by atoms with Crippen LogP contribution in [-0.2, 0) is 32.8 Å². The smallest absolute Gasteiger partial charge is 0.329 e. The molecular formula is C31H30N2O6. The first kappa shape index (κ1) is 25.1. The number of carbonyl (C=O) groups is 3. The quantitative estimate of drug-likeness (QED) is 0.468. The standard InChI is InChI=1S/C31H30N2O6/c1-3-18-9-8-10-19(4-2)27(18)33-28(34)24-25(29(33)35)31(30(36)37,21-11-6-5-7-12-21)32-26(24)20-13-14-22-23(17-20)39-16-15-38-22/h5-14,17,24-26,32H,3-4,15-16H2,1-2H3,(H,36,37). The first-order valence-corrected chi connectivity index (χ1v) is 13.4. The van der Waals surface area contributed by atoms with Crippen LogP contribution in [-0.4, -0.2) is 36.1 Å². The fourth-order valence-electron chi connectivity index (χ4n) is 6.46. The van der Waals surface area contributed by atoms with Crippen molar-refractivity contribution in [2.24, 2.45) is 11.8 Å². The van der Waals surface area contributed by atoms with E-state index >= 15 is 0 Å². The number of benzene rings is 3. The van der Waals surface area contributed by atoms with Gasteiger partial charge in [0.15, 0.2) is 17.0 Å². The van der Waals surface area contributed by atoms with Gasteiger partial charge in [-0.1, -0.05) is 68.4 Å². The summed E-state index contributed by atoms with van der Waals surface area (Å²) in [5.41, 5.74) is 1.62. The third kappa shape index (κ3) is 3.66. The first-order valence-electron chi connectivity index (χ1n) is 13.4. The van der Waals surface area contributed by atoms with Gasteiger partial charge in [-0.05, 0) is 47.2 Å². The van der Waals surface area contributed by atoms with Crippen LogP contribution in [0.5, 0.6) is 11.5 Å². The molecule has 0 aromatic heterocycles. The van der Waals surface area contributed by atoms with E-state index in [1.807, 2.05) is 38.1 Å². The van der Waals surface area contributed by atoms with Crippen molar-refractivity contribution < 1.29 is 29.0 Å². The lowest BCUT2D eigenvalue weighted by Crippen LogP contribution is -2.53. The fourth-order valence-corrected chi connectivity index (χ4v) is 6.46. The van der Waals surface area contributed by atoms with Gasteiger partial charge in [-0.2, -0.15) is 0 Å². The number of imide groups is 1. The van der Waals surface area contributed by atoms with Crippen molar-refractivity contribution in [2.75, 3.05) is 18.1 Å². The zero-order valence-corrected chi connectivity index (χ0v) is 21.8. The highest BCUT2D eigenvalue weighted by Crippen LogP contribution is 2.55. The van der Waals surface area contributed by atoms with Crippen molar-refractivity contribution in [1.29, 1.82) is 0 Å². The molecule has 8 heteroatoms. The number of ether oxygens (including phenoxy) is 2. The average Bonchev–Trinajstić information content (AvgIpc) is 3.46. The van der Waals surface area contributed by atoms with Crippen LogP contribution in [0.4, 0.5) is 5.69 Å². The summed E-state index contributed by atoms with van der Waals surface area (Å²) < 4.78 is 11.5. The molecule has 2 saturated heterocycles. The number of para-hydroxylation sites is 1. The molecule has 0 bridgehead atoms. The highest BCUT2D eigenvalue weighted by Gasteiger charge is 2.69. The predicted octanol–water partition coefficient (Wildman–Crippen LogP) is 4.01. The van der Waals surface area contributed by atoms with Gasteiger partial charge in [0, 0.05) is 6.04 Å². The second-order valence-corrected chi connectivity index (χ2v) is 10.2. The maximum atomic E-state index is 14.4. The highest BCUT2D eigenvalue weighted by atomic mass is 16.6. The van der Waals surface area contributed by atoms with Gasteiger partial charge in [-0.3, -0.25) is 14.9 Å². The van der Waals surface area contributed by atoms with Gasteiger partial charge in [0.05, 0.1) is 17.5 Å². The summed E-state index contributed by atoms with van der Waals surface area (Å²) in [5, 5.41) is 14.1. The average molecular weight is 527 g/mol. The van der Waals surface area contributed by atoms with Crippen molar-refractivity contribution >= 4 is 23.5 Å². The van der Waals surface area contributed by atoms with Crippen molar-refractivity contribution in [2.45, 2.75) is 38.3 Å². The molecule has 6 rings (SSSR count). The lowest BCUT2D eigenvalue weighted by Gasteiger charge is -2.32. The van der Waals surface area contributed by atoms with Crippen molar-refractivity contribution in [1.82, 2.24) is 5.32 Å². The number of fused-ring (bicyclic) bond motifs is 2. The van der Waals surface area contributed by atoms with E-state index < -0.39 is 41.2 Å². The van der Waals surface area contributed by atoms with Gasteiger partial charge in [0.25, 0.3) is 0 Å². The topological polar surface area (TPSA) is 105 Å². The monoisotopic (exact) mass is 526 g/mol. The molecule has 2 N–H and O–H groups in total. The number of carbonyl (C=O) groups excluding carboxylic acids is 2. The molecule has 0 spiro atoms. The summed E-state index contributed by atoms with van der Waals surface area (Å²) in [6.45, 7) is 4.79. The second kappa shape index (κ2) is 9.54. The SMILES string of the molecule is CCc1cccc(CC)c1N1C(=O)C2C(c3ccc4c(c3)OCCO4)NC(C(=O)O)(c3ccccc3)C2C1=O. The zero-order chi connectivity index (χ0) is 27.3. The molecule has 39 heavy (non-hydrogen) atoms. The van der Waals surface area contributed by atoms with E-state index in [2.05, 4.69) is 5.32 Å². The lowest BCUT2D eigenvalue weighted by atomic mass is 9.75. The maximum Gasteiger partial charge on any atom is 0.329 e. The minimum atomic E-state index is -1.81. The molecule has 4 atom stereocenters. The molecule has 200 valence electrons. The van der Waals surface area contributed by atoms with Crippen molar-refractivity contribution in [3.8, 4) is 11.5 Å². The fraction of sp³-hybridized carbons (Fsp3) is 0.323. The Balaban J connectivity index is 1.56. The van der Waals surface area contributed by atoms with Crippen LogP contribution in [0.1, 0.15) is 42.1 Å². The Bertz CT molecular complexity index is 1450. The molecule has 0 saturated carbocycles. The van der Waals surface area contributed by atoms with E-state index in [4.69, 9.17) is 9.47 Å². The van der Waals surface area contributed by atoms with Crippen LogP contribution in [0.3, 0.4) is 0 Å². The number of rotatable bonds is 6. The van der Waals surface area contributed by atoms with Crippen LogP contribution in [0.25, 0.3) is 0 Å². The Hall–Kier alpha value is -4.17. The summed E-state index contributed by atoms with van der Waals surface area (Å²) in [7, 11) is 0. The Kier molecular flexibility index (Phi) is 6.14. The number of anilines is 1. The number of nitrogens with one attached hydrogen (secondary N) is 1. The summed E-state index contributed by atoms with van der Waals surface area (Å²) in [6, 6.07) is 19.1. The second-order valence-electron chi connectivity index (χ2n) is 10.2. The molecule has 3 aliphatic rings. The molecule has 3 aromatic carbocycles. The molecular weight excluding hydrogens is 496 g/mol. The van der Waals surface area contributed by atoms with E-state index in [1.54, 1.807) is 42.5 Å². The van der Waals surface area contributed by atoms with E-state index in [0.717, 1.165) is 11.1 Å². The number of amides is 2. The number of carboxylic acids is 1. The van der Waals surface area contributed by atoms with E-state index in [1.165, 1.54) is 4.90 Å². The van der Waals surface area contributed by atoms with Gasteiger partial charge < -0.3 is 14.6 Å². The van der Waals surface area contributed by atoms with Gasteiger partial charge in [-0.15, -0.1) is 0 Å². The third-order valence-corrected chi connectivity index (χ3v) is 8.24. The summed E-state index contributed by atoms with van der Waals surface area (Å²) in [6.07, 6.45) is 1.25. The van der Waals surface area contributed by atoms with Gasteiger partial charge in [0.2, 0.25) is 11.8 Å². The van der Waals surface area contributed by atoms with E-state index in [0.29, 0.717) is 54.4 Å². The minimum absolute atomic E-state index is 0.391. The molecule has 3 aromatic rings. The van der Waals surface area contributed by atoms with Gasteiger partial charge in [-0.25, -0.2) is 9.69 Å². The molecule has 8 nitrogen and oxygen atoms in total. The minimum Gasteiger partial charge on any atom is -0.486 e. The normalized spacial score (nSPS) is 25.6. The van der Waals surface area contributed by atoms with Crippen LogP contribution in [0.15, 0.2) is 66.7 Å². The van der Waals surface area contributed by atoms with Crippen molar-refractivity contribution in [3.05, 3.63) is 89.0 Å². The number of hydrogen-bond donors (Lipinski definition) is 2. The summed E-state index contributed by atoms with van der Waals surface area (Å²) in [5.74, 6) is -3.07. The highest BCUT2D eigenvalue weighted by molar-refractivity contribution is 6.25. The largest absolute Gasteiger partial charge is 0.486 e. The molecule has 3 heterocycles. The number of nitrogens with zero attached hydrogens (tertiary/aromatic N) is 1. The molecule has 3 aliphatic heterocycles. The number of aryl methyl sites for hydroxylation is 2.